The van der Waals surface area contributed by atoms with Crippen LogP contribution in [0.5, 0.6) is 0 Å². The van der Waals surface area contributed by atoms with Gasteiger partial charge in [-0.1, -0.05) is 48.9 Å². The molecule has 1 aromatic heterocycles. The molecule has 156 valence electrons. The predicted octanol–water partition coefficient (Wildman–Crippen LogP) is 3.87. The van der Waals surface area contributed by atoms with Crippen molar-refractivity contribution < 1.29 is 0 Å². The molecule has 5 nitrogen and oxygen atoms in total. The molecule has 1 aliphatic rings. The molecule has 0 atom stereocenters. The highest BCUT2D eigenvalue weighted by atomic mass is 35.5. The van der Waals surface area contributed by atoms with Crippen LogP contribution in [0.25, 0.3) is 0 Å². The minimum absolute atomic E-state index is 0.525. The standard InChI is InChI=1S/C23H32ClN5/c1-18-10-13-29(14-11-18)17-21-6-4-3-5-20(21)16-28-23(25-2)26-12-9-19-7-8-22(24)27-15-19/h3-8,15,18H,9-14,16-17H2,1-2H3,(H2,25,26,28). The van der Waals surface area contributed by atoms with Crippen molar-refractivity contribution in [1.82, 2.24) is 20.5 Å². The van der Waals surface area contributed by atoms with Crippen LogP contribution in [-0.4, -0.2) is 42.5 Å². The van der Waals surface area contributed by atoms with E-state index < -0.39 is 0 Å². The molecular formula is C23H32ClN5. The van der Waals surface area contributed by atoms with E-state index in [0.29, 0.717) is 5.15 Å². The number of hydrogen-bond donors (Lipinski definition) is 2. The molecule has 0 unspecified atom stereocenters. The zero-order valence-corrected chi connectivity index (χ0v) is 18.3. The summed E-state index contributed by atoms with van der Waals surface area (Å²) in [5, 5.41) is 7.35. The predicted molar refractivity (Wildman–Crippen MR) is 121 cm³/mol. The van der Waals surface area contributed by atoms with E-state index >= 15 is 0 Å². The van der Waals surface area contributed by atoms with Crippen LogP contribution in [0.3, 0.4) is 0 Å². The lowest BCUT2D eigenvalue weighted by atomic mass is 9.98. The van der Waals surface area contributed by atoms with Crippen molar-refractivity contribution in [2.75, 3.05) is 26.7 Å². The Morgan fingerprint density at radius 1 is 1.14 bits per heavy atom. The first-order chi connectivity index (χ1) is 14.1. The van der Waals surface area contributed by atoms with Gasteiger partial charge in [0.25, 0.3) is 0 Å². The second-order valence-electron chi connectivity index (χ2n) is 7.82. The van der Waals surface area contributed by atoms with Gasteiger partial charge in [0.15, 0.2) is 5.96 Å². The number of aromatic nitrogens is 1. The highest BCUT2D eigenvalue weighted by Gasteiger charge is 2.16. The Hall–Kier alpha value is -2.11. The van der Waals surface area contributed by atoms with Crippen LogP contribution in [-0.2, 0) is 19.5 Å². The van der Waals surface area contributed by atoms with Crippen molar-refractivity contribution in [3.05, 3.63) is 64.4 Å². The third-order valence-corrected chi connectivity index (χ3v) is 5.78. The van der Waals surface area contributed by atoms with E-state index in [1.165, 1.54) is 37.1 Å². The summed E-state index contributed by atoms with van der Waals surface area (Å²) < 4.78 is 0. The minimum atomic E-state index is 0.525. The summed E-state index contributed by atoms with van der Waals surface area (Å²) in [6, 6.07) is 12.5. The number of guanidine groups is 1. The zero-order chi connectivity index (χ0) is 20.5. The SMILES string of the molecule is CN=C(NCCc1ccc(Cl)nc1)NCc1ccccc1CN1CCC(C)CC1. The molecule has 0 saturated carbocycles. The molecule has 1 saturated heterocycles. The smallest absolute Gasteiger partial charge is 0.191 e. The van der Waals surface area contributed by atoms with Crippen LogP contribution < -0.4 is 10.6 Å². The first kappa shape index (κ1) is 21.6. The third kappa shape index (κ3) is 7.02. The van der Waals surface area contributed by atoms with Gasteiger partial charge in [0.05, 0.1) is 0 Å². The number of nitrogens with zero attached hydrogens (tertiary/aromatic N) is 3. The Morgan fingerprint density at radius 2 is 1.90 bits per heavy atom. The maximum atomic E-state index is 5.84. The number of nitrogens with one attached hydrogen (secondary N) is 2. The number of rotatable bonds is 7. The summed E-state index contributed by atoms with van der Waals surface area (Å²) in [4.78, 5) is 11.0. The van der Waals surface area contributed by atoms with Gasteiger partial charge in [-0.3, -0.25) is 9.89 Å². The molecule has 6 heteroatoms. The van der Waals surface area contributed by atoms with Crippen molar-refractivity contribution in [3.63, 3.8) is 0 Å². The molecule has 1 fully saturated rings. The molecule has 0 radical (unpaired) electrons. The number of piperidine rings is 1. The monoisotopic (exact) mass is 413 g/mol. The summed E-state index contributed by atoms with van der Waals surface area (Å²) in [6.45, 7) is 7.34. The van der Waals surface area contributed by atoms with Crippen LogP contribution in [0, 0.1) is 5.92 Å². The highest BCUT2D eigenvalue weighted by molar-refractivity contribution is 6.29. The fourth-order valence-electron chi connectivity index (χ4n) is 3.62. The number of pyridine rings is 1. The lowest BCUT2D eigenvalue weighted by Crippen LogP contribution is -2.38. The van der Waals surface area contributed by atoms with Crippen LogP contribution in [0.1, 0.15) is 36.5 Å². The minimum Gasteiger partial charge on any atom is -0.356 e. The maximum absolute atomic E-state index is 5.84. The van der Waals surface area contributed by atoms with Gasteiger partial charge in [-0.2, -0.15) is 0 Å². The molecule has 2 heterocycles. The number of likely N-dealkylation sites (tertiary alicyclic amines) is 1. The lowest BCUT2D eigenvalue weighted by molar-refractivity contribution is 0.185. The number of halogens is 1. The van der Waals surface area contributed by atoms with Gasteiger partial charge in [0.2, 0.25) is 0 Å². The fraction of sp³-hybridized carbons (Fsp3) is 0.478. The summed E-state index contributed by atoms with van der Waals surface area (Å²) in [5.41, 5.74) is 3.88. The summed E-state index contributed by atoms with van der Waals surface area (Å²) >= 11 is 5.84. The van der Waals surface area contributed by atoms with E-state index in [0.717, 1.165) is 43.5 Å². The molecule has 0 amide bonds. The van der Waals surface area contributed by atoms with Gasteiger partial charge < -0.3 is 10.6 Å². The molecule has 1 aromatic carbocycles. The first-order valence-corrected chi connectivity index (χ1v) is 10.9. The van der Waals surface area contributed by atoms with E-state index in [-0.39, 0.29) is 0 Å². The zero-order valence-electron chi connectivity index (χ0n) is 17.5. The van der Waals surface area contributed by atoms with Crippen molar-refractivity contribution >= 4 is 17.6 Å². The second-order valence-corrected chi connectivity index (χ2v) is 8.21. The Balaban J connectivity index is 1.48. The Labute approximate surface area is 179 Å². The van der Waals surface area contributed by atoms with Gasteiger partial charge in [-0.05, 0) is 61.0 Å². The quantitative estimate of drug-likeness (QED) is 0.411. The highest BCUT2D eigenvalue weighted by Crippen LogP contribution is 2.19. The average Bonchev–Trinajstić information content (AvgIpc) is 2.74. The van der Waals surface area contributed by atoms with Crippen molar-refractivity contribution in [2.24, 2.45) is 10.9 Å². The summed E-state index contributed by atoms with van der Waals surface area (Å²) in [6.07, 6.45) is 5.30. The first-order valence-electron chi connectivity index (χ1n) is 10.5. The molecule has 2 aromatic rings. The van der Waals surface area contributed by atoms with Crippen LogP contribution in [0.2, 0.25) is 5.15 Å². The van der Waals surface area contributed by atoms with Crippen molar-refractivity contribution in [2.45, 2.75) is 39.3 Å². The van der Waals surface area contributed by atoms with E-state index in [1.807, 2.05) is 18.3 Å². The molecule has 0 bridgehead atoms. The molecule has 0 spiro atoms. The fourth-order valence-corrected chi connectivity index (χ4v) is 3.74. The van der Waals surface area contributed by atoms with Gasteiger partial charge in [-0.25, -0.2) is 4.98 Å². The molecule has 29 heavy (non-hydrogen) atoms. The number of benzene rings is 1. The Morgan fingerprint density at radius 3 is 2.59 bits per heavy atom. The largest absolute Gasteiger partial charge is 0.356 e. The third-order valence-electron chi connectivity index (χ3n) is 5.55. The van der Waals surface area contributed by atoms with Crippen LogP contribution >= 0.6 is 11.6 Å². The van der Waals surface area contributed by atoms with Gasteiger partial charge >= 0.3 is 0 Å². The van der Waals surface area contributed by atoms with Crippen LogP contribution in [0.4, 0.5) is 0 Å². The molecule has 2 N–H and O–H groups in total. The van der Waals surface area contributed by atoms with Gasteiger partial charge in [0, 0.05) is 32.9 Å². The van der Waals surface area contributed by atoms with Crippen molar-refractivity contribution in [1.29, 1.82) is 0 Å². The second kappa shape index (κ2) is 11.2. The van der Waals surface area contributed by atoms with E-state index in [9.17, 15) is 0 Å². The van der Waals surface area contributed by atoms with E-state index in [1.54, 1.807) is 7.05 Å². The van der Waals surface area contributed by atoms with E-state index in [2.05, 4.69) is 56.7 Å². The van der Waals surface area contributed by atoms with E-state index in [4.69, 9.17) is 11.6 Å². The number of hydrogen-bond acceptors (Lipinski definition) is 3. The average molecular weight is 414 g/mol. The molecule has 1 aliphatic heterocycles. The van der Waals surface area contributed by atoms with Gasteiger partial charge in [0.1, 0.15) is 5.15 Å². The molecule has 0 aliphatic carbocycles. The molecule has 3 rings (SSSR count). The lowest BCUT2D eigenvalue weighted by Gasteiger charge is -2.30. The summed E-state index contributed by atoms with van der Waals surface area (Å²) in [7, 11) is 1.81. The maximum Gasteiger partial charge on any atom is 0.191 e. The Kier molecular flexibility index (Phi) is 8.32. The number of aliphatic imine (C=N–C) groups is 1. The summed E-state index contributed by atoms with van der Waals surface area (Å²) in [5.74, 6) is 1.68. The van der Waals surface area contributed by atoms with Crippen molar-refractivity contribution in [3.8, 4) is 0 Å². The van der Waals surface area contributed by atoms with Gasteiger partial charge in [-0.15, -0.1) is 0 Å². The molecular weight excluding hydrogens is 382 g/mol. The Bertz CT molecular complexity index is 782. The normalized spacial score (nSPS) is 16.0. The topological polar surface area (TPSA) is 52.6 Å². The van der Waals surface area contributed by atoms with Crippen LogP contribution in [0.15, 0.2) is 47.6 Å².